The molecule has 10 heteroatoms. The molecule has 2 aromatic heterocycles. The van der Waals surface area contributed by atoms with E-state index in [0.29, 0.717) is 45.9 Å². The molecule has 1 aliphatic heterocycles. The Morgan fingerprint density at radius 1 is 1.04 bits per heavy atom. The number of nitrogens with one attached hydrogen (secondary N) is 2. The summed E-state index contributed by atoms with van der Waals surface area (Å²) in [6, 6.07) is 24.7. The maximum atomic E-state index is 13.9. The summed E-state index contributed by atoms with van der Waals surface area (Å²) in [6.07, 6.45) is 5.31. The fourth-order valence-corrected chi connectivity index (χ4v) is 6.18. The molecule has 2 amide bonds. The van der Waals surface area contributed by atoms with Crippen molar-refractivity contribution >= 4 is 22.7 Å². The average Bonchev–Trinajstić information content (AvgIpc) is 3.88. The van der Waals surface area contributed by atoms with Gasteiger partial charge in [0.1, 0.15) is 46.1 Å². The third kappa shape index (κ3) is 6.89. The molecule has 0 unspecified atom stereocenters. The third-order valence-electron chi connectivity index (χ3n) is 9.36. The summed E-state index contributed by atoms with van der Waals surface area (Å²) in [5.41, 5.74) is 1.20. The number of carbonyl (C=O) groups is 2. The number of hydrogen-bond acceptors (Lipinski definition) is 7. The number of benzene rings is 3. The van der Waals surface area contributed by atoms with E-state index in [4.69, 9.17) is 14.5 Å². The van der Waals surface area contributed by atoms with Crippen LogP contribution in [0.3, 0.4) is 0 Å². The van der Waals surface area contributed by atoms with Crippen LogP contribution in [0.25, 0.3) is 22.2 Å². The van der Waals surface area contributed by atoms with Gasteiger partial charge < -0.3 is 25.2 Å². The Bertz CT molecular complexity index is 2050. The molecule has 9 nitrogen and oxygen atoms in total. The molecule has 256 valence electrons. The Labute approximate surface area is 289 Å². The van der Waals surface area contributed by atoms with Crippen molar-refractivity contribution in [1.29, 1.82) is 0 Å². The number of fused-ring (bicyclic) bond motifs is 2. The lowest BCUT2D eigenvalue weighted by atomic mass is 9.81. The molecular weight excluding hydrogens is 635 g/mol. The van der Waals surface area contributed by atoms with Crippen molar-refractivity contribution in [3.05, 3.63) is 119 Å². The number of aliphatic hydroxyl groups is 1. The summed E-state index contributed by atoms with van der Waals surface area (Å²) in [7, 11) is 0. The standard InChI is InChI=1S/C40H39FN4O5/c1-39(38(47)43-19-6-10-25-8-4-3-5-9-25)24-49-36-31(39)22-33(45-35(36)26-12-14-29(41)15-13-26)40(2,48)23-44-37(46)28-20-27-11-7-18-42-34(27)32(21-28)50-30-16-17-30/h3-5,7-9,11-15,18,20-22,30,48H,6,10,16-17,19,23-24H2,1-2H3,(H,43,47)(H,44,46)/t39-,40-/m0/s1. The van der Waals surface area contributed by atoms with Crippen molar-refractivity contribution in [3.8, 4) is 22.8 Å². The number of amides is 2. The molecule has 5 aromatic rings. The molecule has 0 radical (unpaired) electrons. The molecular formula is C40H39FN4O5. The van der Waals surface area contributed by atoms with Gasteiger partial charge in [0.2, 0.25) is 5.91 Å². The SMILES string of the molecule is C[C@](O)(CNC(=O)c1cc(OC2CC2)c2ncccc2c1)c1cc2c(c(-c3ccc(F)cc3)n1)OC[C@]2(C)C(=O)NCCCc1ccccc1. The summed E-state index contributed by atoms with van der Waals surface area (Å²) in [6.45, 7) is 3.71. The maximum Gasteiger partial charge on any atom is 0.251 e. The smallest absolute Gasteiger partial charge is 0.251 e. The van der Waals surface area contributed by atoms with E-state index < -0.39 is 22.7 Å². The summed E-state index contributed by atoms with van der Waals surface area (Å²) < 4.78 is 26.1. The number of pyridine rings is 2. The third-order valence-corrected chi connectivity index (χ3v) is 9.36. The van der Waals surface area contributed by atoms with Crippen molar-refractivity contribution in [1.82, 2.24) is 20.6 Å². The van der Waals surface area contributed by atoms with Gasteiger partial charge in [-0.3, -0.25) is 14.6 Å². The Hall–Kier alpha value is -5.35. The van der Waals surface area contributed by atoms with Gasteiger partial charge in [-0.15, -0.1) is 0 Å². The highest BCUT2D eigenvalue weighted by molar-refractivity contribution is 6.00. The number of aromatic nitrogens is 2. The van der Waals surface area contributed by atoms with Crippen molar-refractivity contribution in [3.63, 3.8) is 0 Å². The van der Waals surface area contributed by atoms with Crippen LogP contribution in [-0.2, 0) is 22.2 Å². The van der Waals surface area contributed by atoms with E-state index in [0.717, 1.165) is 31.1 Å². The van der Waals surface area contributed by atoms with Crippen LogP contribution in [0.1, 0.15) is 60.3 Å². The number of halogens is 1. The largest absolute Gasteiger partial charge is 0.489 e. The molecule has 1 fully saturated rings. The van der Waals surface area contributed by atoms with Crippen LogP contribution in [0.2, 0.25) is 0 Å². The first-order valence-electron chi connectivity index (χ1n) is 16.9. The van der Waals surface area contributed by atoms with E-state index in [2.05, 4.69) is 27.8 Å². The van der Waals surface area contributed by atoms with Crippen LogP contribution in [0.5, 0.6) is 11.5 Å². The van der Waals surface area contributed by atoms with Crippen molar-refractivity contribution < 1.29 is 28.6 Å². The Morgan fingerprint density at radius 2 is 1.82 bits per heavy atom. The van der Waals surface area contributed by atoms with Crippen LogP contribution in [0, 0.1) is 5.82 Å². The minimum Gasteiger partial charge on any atom is -0.489 e. The average molecular weight is 675 g/mol. The van der Waals surface area contributed by atoms with Gasteiger partial charge in [0.05, 0.1) is 18.3 Å². The zero-order chi connectivity index (χ0) is 34.9. The van der Waals surface area contributed by atoms with Crippen LogP contribution in [0.4, 0.5) is 4.39 Å². The number of rotatable bonds is 12. The lowest BCUT2D eigenvalue weighted by molar-refractivity contribution is -0.126. The molecule has 50 heavy (non-hydrogen) atoms. The van der Waals surface area contributed by atoms with Gasteiger partial charge in [0.25, 0.3) is 5.91 Å². The van der Waals surface area contributed by atoms with Gasteiger partial charge in [-0.05, 0) is 93.6 Å². The number of carbonyl (C=O) groups excluding carboxylic acids is 2. The normalized spacial score (nSPS) is 17.8. The quantitative estimate of drug-likeness (QED) is 0.139. The zero-order valence-corrected chi connectivity index (χ0v) is 28.0. The Kier molecular flexibility index (Phi) is 8.96. The van der Waals surface area contributed by atoms with Crippen molar-refractivity contribution in [2.45, 2.75) is 56.7 Å². The minimum atomic E-state index is -1.67. The minimum absolute atomic E-state index is 0.0626. The second kappa shape index (κ2) is 13.5. The van der Waals surface area contributed by atoms with E-state index in [-0.39, 0.29) is 30.9 Å². The fraction of sp³-hybridized carbons (Fsp3) is 0.300. The van der Waals surface area contributed by atoms with Crippen molar-refractivity contribution in [2.75, 3.05) is 19.7 Å². The highest BCUT2D eigenvalue weighted by atomic mass is 19.1. The summed E-state index contributed by atoms with van der Waals surface area (Å²) >= 11 is 0. The molecule has 1 aliphatic carbocycles. The first kappa shape index (κ1) is 33.2. The molecule has 3 N–H and O–H groups in total. The predicted molar refractivity (Wildman–Crippen MR) is 188 cm³/mol. The maximum absolute atomic E-state index is 13.9. The van der Waals surface area contributed by atoms with Crippen LogP contribution in [0.15, 0.2) is 91.1 Å². The molecule has 0 saturated heterocycles. The van der Waals surface area contributed by atoms with Crippen LogP contribution < -0.4 is 20.1 Å². The van der Waals surface area contributed by atoms with Crippen LogP contribution >= 0.6 is 0 Å². The Balaban J connectivity index is 1.14. The lowest BCUT2D eigenvalue weighted by Gasteiger charge is -2.27. The zero-order valence-electron chi connectivity index (χ0n) is 28.0. The second-order valence-electron chi connectivity index (χ2n) is 13.5. The van der Waals surface area contributed by atoms with E-state index >= 15 is 0 Å². The molecule has 1 saturated carbocycles. The first-order valence-corrected chi connectivity index (χ1v) is 16.9. The van der Waals surface area contributed by atoms with Gasteiger partial charge in [-0.1, -0.05) is 36.4 Å². The first-order chi connectivity index (χ1) is 24.1. The van der Waals surface area contributed by atoms with E-state index in [1.807, 2.05) is 24.3 Å². The molecule has 0 spiro atoms. The molecule has 3 heterocycles. The molecule has 2 atom stereocenters. The highest BCUT2D eigenvalue weighted by Crippen LogP contribution is 2.45. The van der Waals surface area contributed by atoms with Gasteiger partial charge in [-0.2, -0.15) is 0 Å². The number of aryl methyl sites for hydroxylation is 1. The molecule has 7 rings (SSSR count). The van der Waals surface area contributed by atoms with Crippen LogP contribution in [-0.4, -0.2) is 52.7 Å². The molecule has 2 aliphatic rings. The number of nitrogens with zero attached hydrogens (tertiary/aromatic N) is 2. The van der Waals surface area contributed by atoms with E-state index in [1.54, 1.807) is 56.4 Å². The monoisotopic (exact) mass is 674 g/mol. The summed E-state index contributed by atoms with van der Waals surface area (Å²) in [5.74, 6) is -0.0827. The predicted octanol–water partition coefficient (Wildman–Crippen LogP) is 6.01. The lowest BCUT2D eigenvalue weighted by Crippen LogP contribution is -2.44. The van der Waals surface area contributed by atoms with E-state index in [9.17, 15) is 19.1 Å². The van der Waals surface area contributed by atoms with Gasteiger partial charge in [0.15, 0.2) is 0 Å². The fourth-order valence-electron chi connectivity index (χ4n) is 6.18. The molecule has 0 bridgehead atoms. The Morgan fingerprint density at radius 3 is 2.58 bits per heavy atom. The van der Waals surface area contributed by atoms with Gasteiger partial charge >= 0.3 is 0 Å². The van der Waals surface area contributed by atoms with Gasteiger partial charge in [0, 0.05) is 34.8 Å². The summed E-state index contributed by atoms with van der Waals surface area (Å²) in [5, 5.41) is 18.6. The topological polar surface area (TPSA) is 123 Å². The highest BCUT2D eigenvalue weighted by Gasteiger charge is 2.46. The molecule has 3 aromatic carbocycles. The van der Waals surface area contributed by atoms with Crippen molar-refractivity contribution in [2.24, 2.45) is 0 Å². The number of ether oxygens (including phenoxy) is 2. The van der Waals surface area contributed by atoms with Gasteiger partial charge in [-0.25, -0.2) is 9.37 Å². The second-order valence-corrected chi connectivity index (χ2v) is 13.5. The number of hydrogen-bond donors (Lipinski definition) is 3. The summed E-state index contributed by atoms with van der Waals surface area (Å²) in [4.78, 5) is 36.5. The van der Waals surface area contributed by atoms with E-state index in [1.165, 1.54) is 17.7 Å².